The lowest BCUT2D eigenvalue weighted by molar-refractivity contribution is -0.121. The van der Waals surface area contributed by atoms with Crippen LogP contribution in [0.2, 0.25) is 0 Å². The van der Waals surface area contributed by atoms with Crippen LogP contribution in [0.15, 0.2) is 71.9 Å². The van der Waals surface area contributed by atoms with E-state index in [0.717, 1.165) is 52.7 Å². The number of carbonyl (C=O) groups excluding carboxylic acids is 1. The fraction of sp³-hybridized carbons (Fsp3) is 0.394. The van der Waals surface area contributed by atoms with Crippen LogP contribution in [0.3, 0.4) is 0 Å². The highest BCUT2D eigenvalue weighted by atomic mass is 79.9. The zero-order valence-corrected chi connectivity index (χ0v) is 25.2. The number of phenols is 1. The fourth-order valence-corrected chi connectivity index (χ4v) is 4.66. The van der Waals surface area contributed by atoms with Gasteiger partial charge < -0.3 is 5.11 Å². The first-order valence-corrected chi connectivity index (χ1v) is 14.4. The number of ketones is 1. The number of rotatable bonds is 6. The van der Waals surface area contributed by atoms with Gasteiger partial charge in [0.15, 0.2) is 0 Å². The number of aromatic hydroxyl groups is 1. The average Bonchev–Trinajstić information content (AvgIpc) is 3.28. The molecule has 0 unspecified atom stereocenters. The van der Waals surface area contributed by atoms with E-state index in [4.69, 9.17) is 0 Å². The molecule has 5 heteroatoms. The van der Waals surface area contributed by atoms with E-state index in [0.29, 0.717) is 11.7 Å². The Morgan fingerprint density at radius 1 is 1.03 bits per heavy atom. The van der Waals surface area contributed by atoms with Crippen molar-refractivity contribution in [3.8, 4) is 5.75 Å². The van der Waals surface area contributed by atoms with E-state index in [1.807, 2.05) is 36.7 Å². The Kier molecular flexibility index (Phi) is 13.3. The zero-order valence-electron chi connectivity index (χ0n) is 23.6. The molecule has 0 atom stereocenters. The maximum Gasteiger partial charge on any atom is 0.132 e. The van der Waals surface area contributed by atoms with Crippen LogP contribution >= 0.6 is 15.9 Å². The van der Waals surface area contributed by atoms with Crippen LogP contribution in [0.25, 0.3) is 11.3 Å². The van der Waals surface area contributed by atoms with E-state index >= 15 is 0 Å². The van der Waals surface area contributed by atoms with Gasteiger partial charge in [0.1, 0.15) is 11.5 Å². The molecule has 0 amide bonds. The number of hydrogen-bond acceptors (Lipinski definition) is 3. The van der Waals surface area contributed by atoms with Crippen LogP contribution in [0.1, 0.15) is 82.2 Å². The molecule has 1 fully saturated rings. The number of aromatic nitrogens is 2. The van der Waals surface area contributed by atoms with Gasteiger partial charge in [-0.1, -0.05) is 82.2 Å². The molecule has 3 aromatic rings. The summed E-state index contributed by atoms with van der Waals surface area (Å²) in [5.41, 5.74) is 6.30. The molecule has 4 rings (SSSR count). The molecule has 1 heterocycles. The number of phenolic OH excluding ortho intramolecular Hbond substituents is 1. The smallest absolute Gasteiger partial charge is 0.132 e. The summed E-state index contributed by atoms with van der Waals surface area (Å²) >= 11 is 3.43. The third-order valence-corrected chi connectivity index (χ3v) is 7.72. The second-order valence-corrected chi connectivity index (χ2v) is 10.6. The van der Waals surface area contributed by atoms with Gasteiger partial charge in [-0.3, -0.25) is 4.79 Å². The number of para-hydroxylation sites is 1. The predicted octanol–water partition coefficient (Wildman–Crippen LogP) is 9.20. The number of allylic oxidation sites excluding steroid dienone is 3. The molecule has 0 radical (unpaired) electrons. The van der Waals surface area contributed by atoms with E-state index in [2.05, 4.69) is 65.7 Å². The maximum absolute atomic E-state index is 10.8. The van der Waals surface area contributed by atoms with Crippen LogP contribution in [0.4, 0.5) is 0 Å². The van der Waals surface area contributed by atoms with Gasteiger partial charge >= 0.3 is 0 Å². The summed E-state index contributed by atoms with van der Waals surface area (Å²) in [6.45, 7) is 14.0. The lowest BCUT2D eigenvalue weighted by Crippen LogP contribution is -2.13. The minimum atomic E-state index is 0.231. The number of hydrogen-bond donors (Lipinski definition) is 1. The summed E-state index contributed by atoms with van der Waals surface area (Å²) < 4.78 is 2.79. The molecule has 1 aliphatic rings. The molecule has 1 N–H and O–H groups in total. The number of Topliss-reactive ketones (excluding diaryl/α,β-unsaturated/α-hetero) is 1. The summed E-state index contributed by atoms with van der Waals surface area (Å²) in [5, 5.41) is 14.1. The van der Waals surface area contributed by atoms with E-state index in [1.54, 1.807) is 25.3 Å². The molecule has 2 aromatic carbocycles. The molecule has 1 aromatic heterocycles. The third kappa shape index (κ3) is 9.75. The molecule has 0 bridgehead atoms. The largest absolute Gasteiger partial charge is 0.507 e. The second kappa shape index (κ2) is 16.1. The van der Waals surface area contributed by atoms with E-state index in [-0.39, 0.29) is 5.75 Å². The van der Waals surface area contributed by atoms with Crippen LogP contribution in [-0.2, 0) is 17.6 Å². The van der Waals surface area contributed by atoms with Crippen LogP contribution in [-0.4, -0.2) is 20.7 Å². The summed E-state index contributed by atoms with van der Waals surface area (Å²) in [6, 6.07) is 16.0. The molecule has 1 saturated carbocycles. The molecular weight excluding hydrogens is 536 g/mol. The minimum absolute atomic E-state index is 0.231. The second-order valence-electron chi connectivity index (χ2n) is 9.79. The van der Waals surface area contributed by atoms with Crippen molar-refractivity contribution in [2.45, 2.75) is 79.6 Å². The first kappa shape index (κ1) is 31.3. The Labute approximate surface area is 237 Å². The highest BCUT2D eigenvalue weighted by molar-refractivity contribution is 9.10. The van der Waals surface area contributed by atoms with E-state index in [1.165, 1.54) is 30.4 Å². The molecule has 0 spiro atoms. The fourth-order valence-electron chi connectivity index (χ4n) is 4.40. The number of carbonyl (C=O) groups is 1. The van der Waals surface area contributed by atoms with Gasteiger partial charge in [0.05, 0.1) is 16.4 Å². The molecule has 0 saturated heterocycles. The van der Waals surface area contributed by atoms with Gasteiger partial charge in [0.25, 0.3) is 0 Å². The Morgan fingerprint density at radius 3 is 2.00 bits per heavy atom. The number of aryl methyl sites for hydroxylation is 2. The van der Waals surface area contributed by atoms with Crippen molar-refractivity contribution in [2.75, 3.05) is 0 Å². The summed E-state index contributed by atoms with van der Waals surface area (Å²) in [6.07, 6.45) is 12.1. The molecule has 0 aliphatic heterocycles. The topological polar surface area (TPSA) is 55.1 Å². The van der Waals surface area contributed by atoms with Crippen molar-refractivity contribution in [1.82, 2.24) is 9.78 Å². The average molecular weight is 580 g/mol. The van der Waals surface area contributed by atoms with Crippen LogP contribution in [0.5, 0.6) is 5.75 Å². The molecule has 204 valence electrons. The Hall–Kier alpha value is -2.92. The van der Waals surface area contributed by atoms with Gasteiger partial charge in [-0.15, -0.1) is 0 Å². The molecule has 38 heavy (non-hydrogen) atoms. The summed E-state index contributed by atoms with van der Waals surface area (Å²) in [7, 11) is 0. The van der Waals surface area contributed by atoms with Crippen molar-refractivity contribution >= 4 is 33.0 Å². The highest BCUT2D eigenvalue weighted by Gasteiger charge is 2.16. The van der Waals surface area contributed by atoms with Gasteiger partial charge in [0.2, 0.25) is 0 Å². The summed E-state index contributed by atoms with van der Waals surface area (Å²) in [5.74, 6) is 1.04. The van der Waals surface area contributed by atoms with Gasteiger partial charge in [-0.25, -0.2) is 4.68 Å². The van der Waals surface area contributed by atoms with Crippen molar-refractivity contribution < 1.29 is 9.90 Å². The lowest BCUT2D eigenvalue weighted by Gasteiger charge is -2.17. The van der Waals surface area contributed by atoms with Crippen molar-refractivity contribution in [3.63, 3.8) is 0 Å². The quantitative estimate of drug-likeness (QED) is 0.296. The Bertz CT molecular complexity index is 1180. The monoisotopic (exact) mass is 578 g/mol. The Morgan fingerprint density at radius 2 is 1.58 bits per heavy atom. The normalized spacial score (nSPS) is 13.6. The summed E-state index contributed by atoms with van der Waals surface area (Å²) in [4.78, 5) is 10.8. The van der Waals surface area contributed by atoms with Crippen molar-refractivity contribution in [2.24, 2.45) is 5.92 Å². The molecule has 4 nitrogen and oxygen atoms in total. The van der Waals surface area contributed by atoms with Crippen LogP contribution < -0.4 is 0 Å². The zero-order chi connectivity index (χ0) is 28.1. The number of benzene rings is 2. The third-order valence-electron chi connectivity index (χ3n) is 6.94. The van der Waals surface area contributed by atoms with Gasteiger partial charge in [0, 0.05) is 17.2 Å². The van der Waals surface area contributed by atoms with Crippen LogP contribution in [0, 0.1) is 12.8 Å². The lowest BCUT2D eigenvalue weighted by atomic mass is 9.87. The van der Waals surface area contributed by atoms with Gasteiger partial charge in [-0.05, 0) is 91.2 Å². The van der Waals surface area contributed by atoms with Gasteiger partial charge in [-0.2, -0.15) is 5.10 Å². The van der Waals surface area contributed by atoms with E-state index in [9.17, 15) is 9.90 Å². The molecule has 1 aliphatic carbocycles. The first-order valence-electron chi connectivity index (χ1n) is 13.6. The first-order chi connectivity index (χ1) is 18.2. The SMILES string of the molecule is C=C(/C=C(/C)n1ncc(Br)c1C)c1ccccc1O.CC(=O)C1CCCCC1.CCc1ccc(CC)cc1. The number of halogens is 1. The van der Waals surface area contributed by atoms with E-state index < -0.39 is 0 Å². The number of nitrogens with zero attached hydrogens (tertiary/aromatic N) is 2. The Balaban J connectivity index is 0.000000224. The maximum atomic E-state index is 10.8. The minimum Gasteiger partial charge on any atom is -0.507 e. The van der Waals surface area contributed by atoms with Crippen molar-refractivity contribution in [1.29, 1.82) is 0 Å². The highest BCUT2D eigenvalue weighted by Crippen LogP contribution is 2.27. The predicted molar refractivity (Wildman–Crippen MR) is 164 cm³/mol. The van der Waals surface area contributed by atoms with Crippen molar-refractivity contribution in [3.05, 3.63) is 94.2 Å². The standard InChI is InChI=1S/C15H15BrN2O.C10H14.C8H14O/c1-10(13-6-4-5-7-15(13)19)8-11(2)18-12(3)14(16)9-17-18;1-3-9-5-7-10(4-2)8-6-9;1-7(9)8-5-3-2-4-6-8/h4-9,19H,1H2,2-3H3;5-8H,3-4H2,1-2H3;8H,2-6H2,1H3/b11-8-;;. The molecular formula is C33H43BrN2O2.